The number of rotatable bonds is 8. The summed E-state index contributed by atoms with van der Waals surface area (Å²) in [6.07, 6.45) is 2.27. The summed E-state index contributed by atoms with van der Waals surface area (Å²) in [6, 6.07) is 50.1. The van der Waals surface area contributed by atoms with Gasteiger partial charge in [0.15, 0.2) is 0 Å². The smallest absolute Gasteiger partial charge is 0.0799 e. The van der Waals surface area contributed by atoms with E-state index in [2.05, 4.69) is 121 Å². The molecule has 0 saturated heterocycles. The van der Waals surface area contributed by atoms with Gasteiger partial charge in [-0.05, 0) is 79.2 Å². The van der Waals surface area contributed by atoms with Gasteiger partial charge >= 0.3 is 0 Å². The third kappa shape index (κ3) is 9.31. The van der Waals surface area contributed by atoms with Crippen molar-refractivity contribution in [3.8, 4) is 44.8 Å². The fourth-order valence-corrected chi connectivity index (χ4v) is 9.58. The Kier molecular flexibility index (Phi) is 11.5. The summed E-state index contributed by atoms with van der Waals surface area (Å²) in [5.74, 6) is -0.741. The number of fused-ring (bicyclic) bond motifs is 3. The van der Waals surface area contributed by atoms with Crippen LogP contribution in [-0.4, -0.2) is 18.0 Å². The summed E-state index contributed by atoms with van der Waals surface area (Å²) in [7, 11) is -1.50. The van der Waals surface area contributed by atoms with Gasteiger partial charge in [0.2, 0.25) is 0 Å². The first-order valence-electron chi connectivity index (χ1n) is 20.1. The van der Waals surface area contributed by atoms with Crippen LogP contribution in [0.25, 0.3) is 64.9 Å². The summed E-state index contributed by atoms with van der Waals surface area (Å²) >= 11 is 1.75. The molecule has 0 aliphatic rings. The van der Waals surface area contributed by atoms with Gasteiger partial charge in [0.05, 0.1) is 8.07 Å². The number of nitrogens with zero attached hydrogens (tertiary/aromatic N) is 2. The van der Waals surface area contributed by atoms with Gasteiger partial charge in [-0.1, -0.05) is 143 Å². The summed E-state index contributed by atoms with van der Waals surface area (Å²) in [5.41, 5.74) is 10.1. The second-order valence-corrected chi connectivity index (χ2v) is 21.3. The molecule has 0 aliphatic heterocycles. The molecule has 0 N–H and O–H groups in total. The molecule has 55 heavy (non-hydrogen) atoms. The quantitative estimate of drug-likeness (QED) is 0.112. The Morgan fingerprint density at radius 3 is 2.05 bits per heavy atom. The molecule has 0 fully saturated rings. The normalized spacial score (nSPS) is 12.7. The second-order valence-electron chi connectivity index (χ2n) is 15.2. The summed E-state index contributed by atoms with van der Waals surface area (Å²) in [5, 5.41) is 3.67. The van der Waals surface area contributed by atoms with Crippen molar-refractivity contribution < 1.29 is 24.2 Å². The molecule has 2 nitrogen and oxygen atoms in total. The first kappa shape index (κ1) is 36.1. The van der Waals surface area contributed by atoms with Crippen molar-refractivity contribution >= 4 is 44.8 Å². The van der Waals surface area contributed by atoms with Crippen LogP contribution in [-0.2, 0) is 26.5 Å². The molecule has 0 amide bonds. The largest absolute Gasteiger partial charge is 0.305 e. The van der Waals surface area contributed by atoms with Gasteiger partial charge in [-0.15, -0.1) is 59.7 Å². The van der Waals surface area contributed by atoms with Gasteiger partial charge in [0.25, 0.3) is 0 Å². The predicted octanol–water partition coefficient (Wildman–Crippen LogP) is 13.7. The zero-order valence-electron chi connectivity index (χ0n) is 35.5. The van der Waals surface area contributed by atoms with Crippen molar-refractivity contribution in [2.24, 2.45) is 5.92 Å². The molecule has 0 spiro atoms. The number of pyridine rings is 2. The fraction of sp³-hybridized carbons (Fsp3) is 0.200. The minimum atomic E-state index is -1.50. The number of hydrogen-bond acceptors (Lipinski definition) is 3. The van der Waals surface area contributed by atoms with Gasteiger partial charge in [-0.2, -0.15) is 11.3 Å². The third-order valence-electron chi connectivity index (χ3n) is 9.47. The first-order valence-corrected chi connectivity index (χ1v) is 22.9. The van der Waals surface area contributed by atoms with E-state index in [0.717, 1.165) is 32.8 Å². The topological polar surface area (TPSA) is 25.8 Å². The van der Waals surface area contributed by atoms with Crippen molar-refractivity contribution in [1.29, 1.82) is 0 Å². The van der Waals surface area contributed by atoms with Crippen molar-refractivity contribution in [2.45, 2.75) is 59.6 Å². The Labute approximate surface area is 350 Å². The molecule has 0 unspecified atom stereocenters. The fourth-order valence-electron chi connectivity index (χ4n) is 6.75. The summed E-state index contributed by atoms with van der Waals surface area (Å²) in [4.78, 5) is 9.22. The van der Waals surface area contributed by atoms with E-state index in [-0.39, 0.29) is 26.0 Å². The molecular formula is C50H48IrN2SSi-2. The molecule has 0 atom stereocenters. The molecule has 5 heteroatoms. The van der Waals surface area contributed by atoms with Crippen LogP contribution < -0.4 is 5.19 Å². The predicted molar refractivity (Wildman–Crippen MR) is 236 cm³/mol. The minimum absolute atomic E-state index is 0. The maximum atomic E-state index is 8.53. The molecule has 0 bridgehead atoms. The summed E-state index contributed by atoms with van der Waals surface area (Å²) < 4.78 is 27.8. The van der Waals surface area contributed by atoms with Gasteiger partial charge in [-0.3, -0.25) is 0 Å². The van der Waals surface area contributed by atoms with E-state index in [4.69, 9.17) is 4.11 Å². The number of thiophene rings is 1. The van der Waals surface area contributed by atoms with E-state index in [1.54, 1.807) is 23.6 Å². The van der Waals surface area contributed by atoms with Crippen LogP contribution in [0, 0.1) is 18.1 Å². The Bertz CT molecular complexity index is 2650. The maximum Gasteiger partial charge on any atom is 0.0799 e. The molecule has 3 heterocycles. The van der Waals surface area contributed by atoms with Crippen molar-refractivity contribution in [3.05, 3.63) is 163 Å². The molecular weight excluding hydrogens is 881 g/mol. The zero-order valence-corrected chi connectivity index (χ0v) is 36.7. The van der Waals surface area contributed by atoms with Crippen molar-refractivity contribution in [1.82, 2.24) is 9.97 Å². The van der Waals surface area contributed by atoms with Gasteiger partial charge < -0.3 is 9.97 Å². The molecule has 8 aromatic rings. The van der Waals surface area contributed by atoms with E-state index < -0.39 is 20.3 Å². The van der Waals surface area contributed by atoms with Gasteiger partial charge in [0, 0.05) is 41.3 Å². The molecule has 8 rings (SSSR count). The van der Waals surface area contributed by atoms with Crippen molar-refractivity contribution in [3.63, 3.8) is 0 Å². The van der Waals surface area contributed by atoms with Crippen LogP contribution in [0.1, 0.15) is 48.8 Å². The first-order chi connectivity index (χ1) is 27.1. The van der Waals surface area contributed by atoms with Crippen LogP contribution in [0.2, 0.25) is 19.6 Å². The van der Waals surface area contributed by atoms with Gasteiger partial charge in [-0.25, -0.2) is 0 Å². The Morgan fingerprint density at radius 1 is 0.691 bits per heavy atom. The molecule has 0 saturated carbocycles. The molecule has 3 aromatic heterocycles. The standard InChI is InChI=1S/C33H26NS.C17H22NSi.Ir/c1-22(2)19-23-17-18-34-31(20-23)30-10-6-9-29-28-16-15-27(21-32(28)35-33(29)30)26-13-11-25(12-14-26)24-7-4-3-5-8-24;1-13(2)15-11-16(14-9-7-6-8-10-14)18-12-17(15)19(3,4)5;/h3-9,11-18,20-22H,19H2,1-2H3;6-9,11-13H,1-5H3;/q2*-1;/i19D2;13D;. The van der Waals surface area contributed by atoms with E-state index in [1.807, 2.05) is 76.4 Å². The second kappa shape index (κ2) is 17.5. The van der Waals surface area contributed by atoms with Crippen LogP contribution in [0.4, 0.5) is 0 Å². The zero-order chi connectivity index (χ0) is 40.5. The maximum absolute atomic E-state index is 8.53. The Balaban J connectivity index is 0.000000230. The number of benzene rings is 5. The average molecular weight is 932 g/mol. The average Bonchev–Trinajstić information content (AvgIpc) is 3.59. The Hall–Kier alpha value is -4.51. The van der Waals surface area contributed by atoms with Crippen LogP contribution >= 0.6 is 11.3 Å². The van der Waals surface area contributed by atoms with E-state index in [0.29, 0.717) is 5.56 Å². The monoisotopic (exact) mass is 932 g/mol. The molecule has 279 valence electrons. The van der Waals surface area contributed by atoms with E-state index in [1.165, 1.54) is 42.9 Å². The molecule has 1 radical (unpaired) electrons. The molecule has 0 aliphatic carbocycles. The summed E-state index contributed by atoms with van der Waals surface area (Å²) in [6.45, 7) is 14.6. The minimum Gasteiger partial charge on any atom is -0.305 e. The van der Waals surface area contributed by atoms with E-state index >= 15 is 0 Å². The van der Waals surface area contributed by atoms with Crippen LogP contribution in [0.5, 0.6) is 0 Å². The van der Waals surface area contributed by atoms with Gasteiger partial charge in [0.1, 0.15) is 0 Å². The van der Waals surface area contributed by atoms with E-state index in [9.17, 15) is 0 Å². The number of aromatic nitrogens is 2. The SMILES string of the molecule is [2H]C(C)(C)c1cc(-c2[c-]cccc2)ncc1[Si](C)(C)C.[2H]C([2H])(c1ccnc(-c2[c-]ccc3c2sc2cc(-c4ccc(-c5ccccc5)cc4)ccc23)c1)C(C)C.[Ir]. The third-order valence-corrected chi connectivity index (χ3v) is 12.7. The number of hydrogen-bond donors (Lipinski definition) is 0. The Morgan fingerprint density at radius 2 is 1.38 bits per heavy atom. The van der Waals surface area contributed by atoms with Crippen molar-refractivity contribution in [2.75, 3.05) is 0 Å². The molecule has 5 aromatic carbocycles. The van der Waals surface area contributed by atoms with Crippen LogP contribution in [0.15, 0.2) is 140 Å². The van der Waals surface area contributed by atoms with Crippen LogP contribution in [0.3, 0.4) is 0 Å².